The second-order valence-electron chi connectivity index (χ2n) is 6.24. The summed E-state index contributed by atoms with van der Waals surface area (Å²) in [5.41, 5.74) is 3.41. The summed E-state index contributed by atoms with van der Waals surface area (Å²) in [5.74, 6) is -1.18. The highest BCUT2D eigenvalue weighted by Gasteiger charge is 2.47. The molecule has 2 unspecified atom stereocenters. The first-order chi connectivity index (χ1) is 14.4. The van der Waals surface area contributed by atoms with Gasteiger partial charge in [0.1, 0.15) is 18.3 Å². The molecule has 0 aromatic carbocycles. The van der Waals surface area contributed by atoms with E-state index in [1.165, 1.54) is 6.92 Å². The summed E-state index contributed by atoms with van der Waals surface area (Å²) >= 11 is 0. The summed E-state index contributed by atoms with van der Waals surface area (Å²) < 4.78 is 51.0. The van der Waals surface area contributed by atoms with Crippen LogP contribution in [-0.4, -0.2) is 70.2 Å². The zero-order chi connectivity index (χ0) is 24.6. The quantitative estimate of drug-likeness (QED) is 0.166. The number of ether oxygens (including phenoxy) is 1. The molecule has 2 heterocycles. The van der Waals surface area contributed by atoms with Gasteiger partial charge in [0.05, 0.1) is 12.3 Å². The molecule has 182 valence electrons. The van der Waals surface area contributed by atoms with Gasteiger partial charge < -0.3 is 40.3 Å². The molecule has 1 aliphatic rings. The number of aliphatic hydroxyl groups is 2. The number of amides is 1. The molecule has 0 aliphatic carbocycles. The van der Waals surface area contributed by atoms with Gasteiger partial charge in [-0.2, -0.15) is 8.62 Å². The molecule has 1 aliphatic heterocycles. The number of aryl methyl sites for hydroxylation is 1. The van der Waals surface area contributed by atoms with Crippen LogP contribution < -0.4 is 11.3 Å². The van der Waals surface area contributed by atoms with Gasteiger partial charge in [-0.15, -0.1) is 0 Å². The minimum absolute atomic E-state index is 0.111. The number of hydrogen-bond acceptors (Lipinski definition) is 12. The van der Waals surface area contributed by atoms with Crippen molar-refractivity contribution in [3.05, 3.63) is 27.9 Å². The van der Waals surface area contributed by atoms with Gasteiger partial charge in [-0.25, -0.2) is 18.7 Å². The van der Waals surface area contributed by atoms with Crippen LogP contribution in [0.25, 0.3) is 0 Å². The number of nitrogens with two attached hydrogens (primary N) is 1. The molecular formula is C11H18N3O15P3. The third kappa shape index (κ3) is 6.82. The van der Waals surface area contributed by atoms with Crippen molar-refractivity contribution in [2.75, 3.05) is 6.61 Å². The predicted octanol–water partition coefficient (Wildman–Crippen LogP) is -2.39. The van der Waals surface area contributed by atoms with E-state index in [2.05, 4.69) is 18.1 Å². The van der Waals surface area contributed by atoms with Gasteiger partial charge in [0, 0.05) is 6.20 Å². The number of carbonyl (C=O) groups excluding carboxylic acids is 1. The van der Waals surface area contributed by atoms with Crippen LogP contribution in [0.2, 0.25) is 0 Å². The summed E-state index contributed by atoms with van der Waals surface area (Å²) in [6.45, 7) is 0.299. The van der Waals surface area contributed by atoms with E-state index >= 15 is 0 Å². The van der Waals surface area contributed by atoms with Gasteiger partial charge in [-0.05, 0) is 6.92 Å². The fourth-order valence-electron chi connectivity index (χ4n) is 2.55. The molecule has 1 amide bonds. The number of nitrogens with zero attached hydrogens (tertiary/aromatic N) is 2. The Morgan fingerprint density at radius 2 is 1.75 bits per heavy atom. The minimum atomic E-state index is -5.76. The molecule has 0 radical (unpaired) electrons. The van der Waals surface area contributed by atoms with E-state index in [9.17, 15) is 38.4 Å². The van der Waals surface area contributed by atoms with Gasteiger partial charge in [-0.3, -0.25) is 18.7 Å². The minimum Gasteiger partial charge on any atom is -0.387 e. The standard InChI is InChI=1S/C11H18N3O15P3/c1-4-2-14(10(18)6(13-4)9(12)17)11-8(16)7(15)5(27-11)3-26-31(22,23)29-32(24,25)28-30(19,20)21/h2,5,7-8,11,15-16H,3H2,1H3,(H2,12,17)(H,22,23)(H,24,25)(H2,19,20,21)/t5-,7+,8-,11-/m1/s1. The fraction of sp³-hybridized carbons (Fsp3) is 0.545. The van der Waals surface area contributed by atoms with Crippen molar-refractivity contribution in [1.82, 2.24) is 9.55 Å². The third-order valence-electron chi connectivity index (χ3n) is 3.71. The van der Waals surface area contributed by atoms with Crippen LogP contribution >= 0.6 is 23.5 Å². The smallest absolute Gasteiger partial charge is 0.387 e. The zero-order valence-corrected chi connectivity index (χ0v) is 18.4. The SMILES string of the molecule is Cc1cn([C@@H]2O[C@H](COP(=O)(O)OP(=O)(O)OP(=O)(O)O)[C@H](O)[C@H]2O)c(=O)c(C(N)=O)n1. The molecule has 21 heteroatoms. The number of phosphoric ester groups is 1. The number of aromatic nitrogens is 2. The molecule has 1 fully saturated rings. The van der Waals surface area contributed by atoms with E-state index in [0.717, 1.165) is 6.20 Å². The Morgan fingerprint density at radius 1 is 1.16 bits per heavy atom. The first-order valence-electron chi connectivity index (χ1n) is 8.12. The number of phosphoric acid groups is 3. The lowest BCUT2D eigenvalue weighted by Crippen LogP contribution is -2.38. The maximum atomic E-state index is 12.4. The first-order valence-corrected chi connectivity index (χ1v) is 12.6. The molecule has 1 aromatic rings. The highest BCUT2D eigenvalue weighted by Crippen LogP contribution is 2.66. The lowest BCUT2D eigenvalue weighted by Gasteiger charge is -2.19. The Kier molecular flexibility index (Phi) is 7.97. The van der Waals surface area contributed by atoms with E-state index < -0.39 is 71.8 Å². The van der Waals surface area contributed by atoms with Crippen molar-refractivity contribution in [1.29, 1.82) is 0 Å². The summed E-state index contributed by atoms with van der Waals surface area (Å²) in [5, 5.41) is 20.3. The molecular weight excluding hydrogens is 507 g/mol. The van der Waals surface area contributed by atoms with Crippen molar-refractivity contribution >= 4 is 29.4 Å². The molecule has 32 heavy (non-hydrogen) atoms. The topological polar surface area (TPSA) is 287 Å². The van der Waals surface area contributed by atoms with Crippen LogP contribution in [0.15, 0.2) is 11.0 Å². The number of hydrogen-bond donors (Lipinski definition) is 7. The van der Waals surface area contributed by atoms with Crippen LogP contribution in [0.4, 0.5) is 0 Å². The van der Waals surface area contributed by atoms with Crippen LogP contribution in [0.1, 0.15) is 22.4 Å². The molecule has 18 nitrogen and oxygen atoms in total. The van der Waals surface area contributed by atoms with Crippen LogP contribution in [0, 0.1) is 6.92 Å². The van der Waals surface area contributed by atoms with Crippen LogP contribution in [0.3, 0.4) is 0 Å². The van der Waals surface area contributed by atoms with Crippen molar-refractivity contribution in [3.63, 3.8) is 0 Å². The van der Waals surface area contributed by atoms with Crippen molar-refractivity contribution in [3.8, 4) is 0 Å². The number of primary amides is 1. The molecule has 0 spiro atoms. The Morgan fingerprint density at radius 3 is 2.28 bits per heavy atom. The maximum absolute atomic E-state index is 12.4. The van der Waals surface area contributed by atoms with E-state index in [1.807, 2.05) is 0 Å². The number of carbonyl (C=O) groups is 1. The summed E-state index contributed by atoms with van der Waals surface area (Å²) in [4.78, 5) is 62.9. The second kappa shape index (κ2) is 9.48. The normalized spacial score (nSPS) is 27.6. The van der Waals surface area contributed by atoms with Gasteiger partial charge in [-0.1, -0.05) is 0 Å². The Balaban J connectivity index is 2.16. The predicted molar refractivity (Wildman–Crippen MR) is 97.5 cm³/mol. The number of aliphatic hydroxyl groups excluding tert-OH is 2. The summed E-state index contributed by atoms with van der Waals surface area (Å²) in [6, 6.07) is 0. The average Bonchev–Trinajstić information content (AvgIpc) is 2.86. The maximum Gasteiger partial charge on any atom is 0.490 e. The molecule has 0 saturated carbocycles. The highest BCUT2D eigenvalue weighted by molar-refractivity contribution is 7.66. The molecule has 8 N–H and O–H groups in total. The van der Waals surface area contributed by atoms with E-state index in [1.54, 1.807) is 0 Å². The van der Waals surface area contributed by atoms with Crippen molar-refractivity contribution in [2.24, 2.45) is 5.73 Å². The van der Waals surface area contributed by atoms with E-state index in [0.29, 0.717) is 4.57 Å². The fourth-order valence-corrected chi connectivity index (χ4v) is 5.58. The molecule has 0 bridgehead atoms. The van der Waals surface area contributed by atoms with Crippen molar-refractivity contribution < 1.29 is 66.2 Å². The van der Waals surface area contributed by atoms with Gasteiger partial charge >= 0.3 is 23.5 Å². The highest BCUT2D eigenvalue weighted by atomic mass is 31.3. The number of rotatable bonds is 9. The van der Waals surface area contributed by atoms with Crippen LogP contribution in [-0.2, 0) is 31.6 Å². The van der Waals surface area contributed by atoms with E-state index in [-0.39, 0.29) is 5.69 Å². The van der Waals surface area contributed by atoms with Gasteiger partial charge in [0.25, 0.3) is 11.5 Å². The lowest BCUT2D eigenvalue weighted by atomic mass is 10.1. The average molecular weight is 525 g/mol. The van der Waals surface area contributed by atoms with Gasteiger partial charge in [0.15, 0.2) is 11.9 Å². The third-order valence-corrected chi connectivity index (χ3v) is 7.52. The summed E-state index contributed by atoms with van der Waals surface area (Å²) in [6.07, 6.45) is -5.86. The molecule has 6 atom stereocenters. The Labute approximate surface area is 177 Å². The van der Waals surface area contributed by atoms with Crippen molar-refractivity contribution in [2.45, 2.75) is 31.5 Å². The van der Waals surface area contributed by atoms with E-state index in [4.69, 9.17) is 25.2 Å². The second-order valence-corrected chi connectivity index (χ2v) is 10.7. The summed E-state index contributed by atoms with van der Waals surface area (Å²) in [7, 11) is -16.9. The molecule has 2 rings (SSSR count). The van der Waals surface area contributed by atoms with Gasteiger partial charge in [0.2, 0.25) is 0 Å². The molecule has 1 aromatic heterocycles. The lowest BCUT2D eigenvalue weighted by molar-refractivity contribution is -0.0538. The Bertz CT molecular complexity index is 1080. The largest absolute Gasteiger partial charge is 0.490 e. The van der Waals surface area contributed by atoms with Crippen LogP contribution in [0.5, 0.6) is 0 Å². The zero-order valence-electron chi connectivity index (χ0n) is 15.8. The Hall–Kier alpha value is -1.36. The first kappa shape index (κ1) is 26.9. The monoisotopic (exact) mass is 525 g/mol. The molecule has 1 saturated heterocycles.